The van der Waals surface area contributed by atoms with Crippen LogP contribution in [0.4, 0.5) is 5.13 Å². The number of thiazole rings is 1. The Kier molecular flexibility index (Phi) is 4.66. The number of rotatable bonds is 1. The van der Waals surface area contributed by atoms with Gasteiger partial charge in [0.15, 0.2) is 11.1 Å². The van der Waals surface area contributed by atoms with Gasteiger partial charge in [-0.1, -0.05) is 13.8 Å². The minimum Gasteiger partial charge on any atom is -0.483 e. The van der Waals surface area contributed by atoms with E-state index in [0.29, 0.717) is 5.41 Å². The van der Waals surface area contributed by atoms with Crippen LogP contribution in [0.3, 0.4) is 0 Å². The van der Waals surface area contributed by atoms with Crippen LogP contribution in [0.15, 0.2) is 0 Å². The summed E-state index contributed by atoms with van der Waals surface area (Å²) >= 11 is 1.62. The molecule has 0 saturated carbocycles. The number of carboxylic acid groups (broad SMARTS) is 1. The molecule has 0 amide bonds. The molecule has 0 radical (unpaired) electrons. The molecule has 18 heavy (non-hydrogen) atoms. The first-order valence-corrected chi connectivity index (χ1v) is 6.37. The van der Waals surface area contributed by atoms with Crippen molar-refractivity contribution in [3.63, 3.8) is 0 Å². The molecule has 2 rings (SSSR count). The third-order valence-electron chi connectivity index (χ3n) is 2.69. The van der Waals surface area contributed by atoms with E-state index in [-0.39, 0.29) is 12.4 Å². The SMILES string of the molecule is CC1(C)CCc2sc(NC(=N)N)nc2C1.O=CO. The van der Waals surface area contributed by atoms with Crippen LogP contribution in [-0.2, 0) is 17.6 Å². The minimum atomic E-state index is -0.250. The first-order valence-electron chi connectivity index (χ1n) is 5.55. The van der Waals surface area contributed by atoms with Crippen LogP contribution >= 0.6 is 11.3 Å². The zero-order valence-electron chi connectivity index (χ0n) is 10.5. The van der Waals surface area contributed by atoms with Crippen molar-refractivity contribution < 1.29 is 9.90 Å². The second-order valence-corrected chi connectivity index (χ2v) is 5.96. The topological polar surface area (TPSA) is 112 Å². The van der Waals surface area contributed by atoms with Gasteiger partial charge in [0.25, 0.3) is 6.47 Å². The Balaban J connectivity index is 0.000000492. The second-order valence-electron chi connectivity index (χ2n) is 4.87. The lowest BCUT2D eigenvalue weighted by Crippen LogP contribution is -2.22. The van der Waals surface area contributed by atoms with Crippen LogP contribution < -0.4 is 11.1 Å². The van der Waals surface area contributed by atoms with Crippen molar-refractivity contribution in [1.82, 2.24) is 4.98 Å². The molecule has 0 aliphatic heterocycles. The normalized spacial score (nSPS) is 15.9. The fraction of sp³-hybridized carbons (Fsp3) is 0.545. The van der Waals surface area contributed by atoms with Crippen molar-refractivity contribution in [2.75, 3.05) is 5.32 Å². The number of anilines is 1. The maximum atomic E-state index is 8.36. The Hall–Kier alpha value is -1.63. The number of hydrogen-bond acceptors (Lipinski definition) is 4. The van der Waals surface area contributed by atoms with Gasteiger partial charge in [-0.25, -0.2) is 4.98 Å². The first kappa shape index (κ1) is 14.4. The Labute approximate surface area is 110 Å². The fourth-order valence-electron chi connectivity index (χ4n) is 1.88. The van der Waals surface area contributed by atoms with Crippen LogP contribution in [0.5, 0.6) is 0 Å². The Morgan fingerprint density at radius 2 is 2.28 bits per heavy atom. The van der Waals surface area contributed by atoms with Gasteiger partial charge in [0, 0.05) is 4.88 Å². The molecule has 5 N–H and O–H groups in total. The van der Waals surface area contributed by atoms with Crippen molar-refractivity contribution in [2.24, 2.45) is 11.1 Å². The van der Waals surface area contributed by atoms with Gasteiger partial charge in [-0.2, -0.15) is 0 Å². The summed E-state index contributed by atoms with van der Waals surface area (Å²) in [6.45, 7) is 4.29. The average molecular weight is 270 g/mol. The van der Waals surface area contributed by atoms with Crippen LogP contribution in [0, 0.1) is 10.8 Å². The van der Waals surface area contributed by atoms with E-state index in [1.165, 1.54) is 17.0 Å². The number of guanidine groups is 1. The predicted octanol–water partition coefficient (Wildman–Crippen LogP) is 1.66. The Morgan fingerprint density at radius 1 is 1.67 bits per heavy atom. The molecule has 1 aromatic heterocycles. The molecule has 0 fully saturated rings. The van der Waals surface area contributed by atoms with Gasteiger partial charge in [0.2, 0.25) is 0 Å². The summed E-state index contributed by atoms with van der Waals surface area (Å²) < 4.78 is 0. The molecular weight excluding hydrogens is 252 g/mol. The number of carbonyl (C=O) groups is 1. The second kappa shape index (κ2) is 5.81. The van der Waals surface area contributed by atoms with E-state index in [1.807, 2.05) is 0 Å². The van der Waals surface area contributed by atoms with E-state index in [4.69, 9.17) is 21.0 Å². The van der Waals surface area contributed by atoms with Gasteiger partial charge in [-0.3, -0.25) is 10.2 Å². The van der Waals surface area contributed by atoms with E-state index < -0.39 is 0 Å². The molecule has 0 aromatic carbocycles. The number of nitrogens with zero attached hydrogens (tertiary/aromatic N) is 1. The van der Waals surface area contributed by atoms with E-state index in [2.05, 4.69) is 24.1 Å². The van der Waals surface area contributed by atoms with Crippen LogP contribution in [0.2, 0.25) is 0 Å². The predicted molar refractivity (Wildman–Crippen MR) is 72.1 cm³/mol. The minimum absolute atomic E-state index is 0.0413. The standard InChI is InChI=1S/C10H16N4S.CH2O2/c1-10(2)4-3-7-6(5-10)13-9(15-7)14-8(11)12;2-1-3/h3-5H2,1-2H3,(H4,11,12,13,14);1H,(H,2,3). The van der Waals surface area contributed by atoms with Crippen LogP contribution in [-0.4, -0.2) is 22.5 Å². The van der Waals surface area contributed by atoms with Crippen molar-refractivity contribution in [3.8, 4) is 0 Å². The lowest BCUT2D eigenvalue weighted by molar-refractivity contribution is -0.122. The van der Waals surface area contributed by atoms with E-state index >= 15 is 0 Å². The zero-order valence-corrected chi connectivity index (χ0v) is 11.3. The molecule has 0 bridgehead atoms. The fourth-order valence-corrected chi connectivity index (χ4v) is 2.87. The summed E-state index contributed by atoms with van der Waals surface area (Å²) in [5.74, 6) is -0.0413. The highest BCUT2D eigenvalue weighted by atomic mass is 32.1. The number of nitrogens with two attached hydrogens (primary N) is 1. The summed E-state index contributed by atoms with van der Waals surface area (Å²) in [6.07, 6.45) is 3.33. The first-order chi connectivity index (χ1) is 8.38. The highest BCUT2D eigenvalue weighted by Gasteiger charge is 2.28. The molecule has 100 valence electrons. The van der Waals surface area contributed by atoms with E-state index in [1.54, 1.807) is 11.3 Å². The summed E-state index contributed by atoms with van der Waals surface area (Å²) in [5, 5.41) is 17.6. The summed E-state index contributed by atoms with van der Waals surface area (Å²) in [6, 6.07) is 0. The molecule has 6 nitrogen and oxygen atoms in total. The van der Waals surface area contributed by atoms with Gasteiger partial charge in [0.05, 0.1) is 5.69 Å². The zero-order chi connectivity index (χ0) is 13.8. The maximum Gasteiger partial charge on any atom is 0.290 e. The number of aryl methyl sites for hydroxylation is 1. The molecular formula is C11H18N4O2S. The van der Waals surface area contributed by atoms with Gasteiger partial charge < -0.3 is 16.2 Å². The van der Waals surface area contributed by atoms with Crippen molar-refractivity contribution >= 4 is 28.9 Å². The number of nitrogens with one attached hydrogen (secondary N) is 2. The van der Waals surface area contributed by atoms with Crippen LogP contribution in [0.25, 0.3) is 0 Å². The lowest BCUT2D eigenvalue weighted by atomic mass is 9.79. The number of hydrogen-bond donors (Lipinski definition) is 4. The number of aromatic nitrogens is 1. The molecule has 0 atom stereocenters. The van der Waals surface area contributed by atoms with Gasteiger partial charge in [-0.15, -0.1) is 11.3 Å². The van der Waals surface area contributed by atoms with Crippen molar-refractivity contribution in [3.05, 3.63) is 10.6 Å². The quantitative estimate of drug-likeness (QED) is 0.352. The van der Waals surface area contributed by atoms with Gasteiger partial charge >= 0.3 is 0 Å². The molecule has 7 heteroatoms. The summed E-state index contributed by atoms with van der Waals surface area (Å²) in [5.41, 5.74) is 6.81. The van der Waals surface area contributed by atoms with Crippen LogP contribution in [0.1, 0.15) is 30.8 Å². The number of fused-ring (bicyclic) bond motifs is 1. The molecule has 1 heterocycles. The summed E-state index contributed by atoms with van der Waals surface area (Å²) in [4.78, 5) is 14.2. The van der Waals surface area contributed by atoms with Crippen molar-refractivity contribution in [1.29, 1.82) is 5.41 Å². The largest absolute Gasteiger partial charge is 0.483 e. The van der Waals surface area contributed by atoms with Gasteiger partial charge in [0.1, 0.15) is 0 Å². The molecule has 0 saturated heterocycles. The van der Waals surface area contributed by atoms with Gasteiger partial charge in [-0.05, 0) is 24.7 Å². The highest BCUT2D eigenvalue weighted by Crippen LogP contribution is 2.38. The Bertz CT molecular complexity index is 442. The van der Waals surface area contributed by atoms with E-state index in [0.717, 1.165) is 18.0 Å². The highest BCUT2D eigenvalue weighted by molar-refractivity contribution is 7.15. The maximum absolute atomic E-state index is 8.36. The van der Waals surface area contributed by atoms with Crippen molar-refractivity contribution in [2.45, 2.75) is 33.1 Å². The van der Waals surface area contributed by atoms with E-state index in [9.17, 15) is 0 Å². The molecule has 1 aromatic rings. The molecule has 0 unspecified atom stereocenters. The third-order valence-corrected chi connectivity index (χ3v) is 3.77. The molecule has 1 aliphatic carbocycles. The smallest absolute Gasteiger partial charge is 0.290 e. The Morgan fingerprint density at radius 3 is 2.83 bits per heavy atom. The molecule has 1 aliphatic rings. The lowest BCUT2D eigenvalue weighted by Gasteiger charge is -2.27. The summed E-state index contributed by atoms with van der Waals surface area (Å²) in [7, 11) is 0. The monoisotopic (exact) mass is 270 g/mol. The third kappa shape index (κ3) is 3.99. The molecule has 0 spiro atoms. The average Bonchev–Trinajstić information content (AvgIpc) is 2.57.